The van der Waals surface area contributed by atoms with Gasteiger partial charge in [0.2, 0.25) is 0 Å². The molecule has 0 aliphatic rings. The maximum Gasteiger partial charge on any atom is 0.431 e. The second-order valence-corrected chi connectivity index (χ2v) is 8.00. The van der Waals surface area contributed by atoms with Gasteiger partial charge in [-0.1, -0.05) is 35.5 Å². The molecule has 33 heavy (non-hydrogen) atoms. The first kappa shape index (κ1) is 24.4. The molecule has 0 saturated heterocycles. The summed E-state index contributed by atoms with van der Waals surface area (Å²) in [6, 6.07) is 8.28. The van der Waals surface area contributed by atoms with Crippen molar-refractivity contribution in [3.05, 3.63) is 79.8 Å². The number of nitrogens with zero attached hydrogens (tertiary/aromatic N) is 2. The number of alkyl halides is 3. The molecular formula is C20H13ClF4N2O5S. The average Bonchev–Trinajstić information content (AvgIpc) is 2.72. The van der Waals surface area contributed by atoms with Crippen LogP contribution in [0.4, 0.5) is 17.6 Å². The summed E-state index contributed by atoms with van der Waals surface area (Å²) in [4.78, 5) is 36.1. The third-order valence-corrected chi connectivity index (χ3v) is 5.81. The van der Waals surface area contributed by atoms with Crippen molar-refractivity contribution in [1.29, 1.82) is 0 Å². The van der Waals surface area contributed by atoms with E-state index in [1.165, 1.54) is 6.07 Å². The fraction of sp³-hybridized carbons (Fsp3) is 0.150. The highest BCUT2D eigenvalue weighted by molar-refractivity contribution is 7.99. The van der Waals surface area contributed by atoms with Gasteiger partial charge in [0.15, 0.2) is 6.61 Å². The molecule has 0 spiro atoms. The smallest absolute Gasteiger partial charge is 0.431 e. The lowest BCUT2D eigenvalue weighted by Crippen LogP contribution is -2.41. The normalized spacial score (nSPS) is 11.5. The number of carboxylic acid groups (broad SMARTS) is 1. The van der Waals surface area contributed by atoms with Crippen molar-refractivity contribution >= 4 is 29.3 Å². The molecule has 3 aromatic rings. The number of para-hydroxylation sites is 1. The van der Waals surface area contributed by atoms with Gasteiger partial charge >= 0.3 is 17.8 Å². The molecule has 0 radical (unpaired) electrons. The van der Waals surface area contributed by atoms with Crippen LogP contribution in [0.15, 0.2) is 61.8 Å². The summed E-state index contributed by atoms with van der Waals surface area (Å²) in [5.41, 5.74) is -4.88. The molecule has 1 aromatic heterocycles. The highest BCUT2D eigenvalue weighted by atomic mass is 35.5. The van der Waals surface area contributed by atoms with Gasteiger partial charge in [0, 0.05) is 18.0 Å². The predicted molar refractivity (Wildman–Crippen MR) is 111 cm³/mol. The van der Waals surface area contributed by atoms with Crippen LogP contribution in [-0.2, 0) is 18.0 Å². The van der Waals surface area contributed by atoms with E-state index in [4.69, 9.17) is 21.4 Å². The minimum Gasteiger partial charge on any atom is -0.481 e. The topological polar surface area (TPSA) is 90.5 Å². The molecule has 0 aliphatic carbocycles. The van der Waals surface area contributed by atoms with E-state index >= 15 is 0 Å². The molecule has 0 saturated carbocycles. The van der Waals surface area contributed by atoms with Gasteiger partial charge in [-0.2, -0.15) is 13.2 Å². The fourth-order valence-electron chi connectivity index (χ4n) is 2.80. The van der Waals surface area contributed by atoms with E-state index in [1.54, 1.807) is 18.2 Å². The maximum absolute atomic E-state index is 14.7. The zero-order valence-corrected chi connectivity index (χ0v) is 18.1. The number of aliphatic carboxylic acids is 1. The lowest BCUT2D eigenvalue weighted by atomic mass is 10.3. The van der Waals surface area contributed by atoms with E-state index in [1.807, 2.05) is 0 Å². The van der Waals surface area contributed by atoms with Crippen LogP contribution in [0, 0.1) is 5.82 Å². The molecule has 7 nitrogen and oxygen atoms in total. The first-order valence-corrected chi connectivity index (χ1v) is 10.1. The van der Waals surface area contributed by atoms with Crippen LogP contribution in [0.5, 0.6) is 5.75 Å². The Kier molecular flexibility index (Phi) is 6.89. The zero-order chi connectivity index (χ0) is 24.5. The number of halogens is 5. The van der Waals surface area contributed by atoms with Crippen molar-refractivity contribution in [3.63, 3.8) is 0 Å². The van der Waals surface area contributed by atoms with Gasteiger partial charge in [-0.25, -0.2) is 18.5 Å². The monoisotopic (exact) mass is 504 g/mol. The summed E-state index contributed by atoms with van der Waals surface area (Å²) in [5.74, 6) is -2.15. The summed E-state index contributed by atoms with van der Waals surface area (Å²) in [6.07, 6.45) is -4.97. The SMILES string of the molecule is Cn1c(C(F)(F)F)cc(=O)n(-c2cc(Sc3ccccc3OCC(=O)O)c(Cl)cc2F)c1=O. The van der Waals surface area contributed by atoms with Crippen molar-refractivity contribution in [1.82, 2.24) is 9.13 Å². The molecule has 1 N–H and O–H groups in total. The summed E-state index contributed by atoms with van der Waals surface area (Å²) in [6.45, 7) is -0.628. The fourth-order valence-corrected chi connectivity index (χ4v) is 4.00. The van der Waals surface area contributed by atoms with Crippen molar-refractivity contribution in [3.8, 4) is 11.4 Å². The minimum absolute atomic E-state index is 0.119. The highest BCUT2D eigenvalue weighted by Crippen LogP contribution is 2.39. The summed E-state index contributed by atoms with van der Waals surface area (Å²) in [5, 5.41) is 8.69. The van der Waals surface area contributed by atoms with Gasteiger partial charge in [0.05, 0.1) is 15.6 Å². The van der Waals surface area contributed by atoms with Gasteiger partial charge in [-0.15, -0.1) is 0 Å². The molecule has 0 amide bonds. The van der Waals surface area contributed by atoms with E-state index in [0.29, 0.717) is 4.90 Å². The van der Waals surface area contributed by atoms with E-state index in [9.17, 15) is 31.9 Å². The molecule has 13 heteroatoms. The Balaban J connectivity index is 2.12. The lowest BCUT2D eigenvalue weighted by molar-refractivity contribution is -0.144. The van der Waals surface area contributed by atoms with Gasteiger partial charge < -0.3 is 9.84 Å². The Labute approximate surface area is 191 Å². The molecule has 1 heterocycles. The van der Waals surface area contributed by atoms with Gasteiger partial charge in [-0.3, -0.25) is 9.36 Å². The largest absolute Gasteiger partial charge is 0.481 e. The highest BCUT2D eigenvalue weighted by Gasteiger charge is 2.35. The number of hydrogen-bond acceptors (Lipinski definition) is 5. The van der Waals surface area contributed by atoms with E-state index in [2.05, 4.69) is 0 Å². The Hall–Kier alpha value is -3.25. The van der Waals surface area contributed by atoms with Crippen LogP contribution in [0.3, 0.4) is 0 Å². The molecular weight excluding hydrogens is 492 g/mol. The standard InChI is InChI=1S/C20H13ClF4N2O5S/c1-26-16(20(23,24)25)8-17(28)27(19(26)31)12-7-15(10(21)6-11(12)22)33-14-5-3-2-4-13(14)32-9-18(29)30/h2-8H,9H2,1H3,(H,29,30). The second-order valence-electron chi connectivity index (χ2n) is 6.51. The van der Waals surface area contributed by atoms with E-state index in [-0.39, 0.29) is 30.9 Å². The molecule has 0 aliphatic heterocycles. The van der Waals surface area contributed by atoms with Crippen LogP contribution in [0.1, 0.15) is 5.69 Å². The molecule has 0 unspecified atom stereocenters. The third-order valence-electron chi connectivity index (χ3n) is 4.27. The van der Waals surface area contributed by atoms with Crippen LogP contribution in [0.2, 0.25) is 5.02 Å². The summed E-state index contributed by atoms with van der Waals surface area (Å²) < 4.78 is 59.5. The second kappa shape index (κ2) is 9.32. The van der Waals surface area contributed by atoms with Crippen molar-refractivity contribution in [2.24, 2.45) is 7.05 Å². The van der Waals surface area contributed by atoms with Crippen molar-refractivity contribution < 1.29 is 32.2 Å². The van der Waals surface area contributed by atoms with Crippen LogP contribution >= 0.6 is 23.4 Å². The predicted octanol–water partition coefficient (Wildman–Crippen LogP) is 3.96. The van der Waals surface area contributed by atoms with Crippen LogP contribution < -0.4 is 16.0 Å². The molecule has 3 rings (SSSR count). The summed E-state index contributed by atoms with van der Waals surface area (Å²) >= 11 is 7.01. The van der Waals surface area contributed by atoms with Gasteiger partial charge in [0.25, 0.3) is 5.56 Å². The molecule has 0 fully saturated rings. The van der Waals surface area contributed by atoms with E-state index in [0.717, 1.165) is 30.9 Å². The number of ether oxygens (including phenoxy) is 1. The number of carboxylic acids is 1. The first-order valence-electron chi connectivity index (χ1n) is 8.91. The third kappa shape index (κ3) is 5.22. The average molecular weight is 505 g/mol. The minimum atomic E-state index is -4.97. The van der Waals surface area contributed by atoms with Gasteiger partial charge in [0.1, 0.15) is 17.3 Å². The number of hydrogen-bond donors (Lipinski definition) is 1. The van der Waals surface area contributed by atoms with E-state index < -0.39 is 47.2 Å². The quantitative estimate of drug-likeness (QED) is 0.511. The lowest BCUT2D eigenvalue weighted by Gasteiger charge is -2.15. The number of aromatic nitrogens is 2. The van der Waals surface area contributed by atoms with Crippen LogP contribution in [0.25, 0.3) is 5.69 Å². The maximum atomic E-state index is 14.7. The van der Waals surface area contributed by atoms with Crippen molar-refractivity contribution in [2.45, 2.75) is 16.0 Å². The van der Waals surface area contributed by atoms with Crippen molar-refractivity contribution in [2.75, 3.05) is 6.61 Å². The Morgan fingerprint density at radius 2 is 1.82 bits per heavy atom. The molecule has 2 aromatic carbocycles. The zero-order valence-electron chi connectivity index (χ0n) is 16.5. The Morgan fingerprint density at radius 1 is 1.15 bits per heavy atom. The molecule has 0 atom stereocenters. The first-order chi connectivity index (χ1) is 15.4. The van der Waals surface area contributed by atoms with Crippen LogP contribution in [-0.4, -0.2) is 26.8 Å². The number of rotatable bonds is 6. The Bertz CT molecular complexity index is 1350. The number of carbonyl (C=O) groups is 1. The number of benzene rings is 2. The molecule has 0 bridgehead atoms. The van der Waals surface area contributed by atoms with Gasteiger partial charge in [-0.05, 0) is 24.3 Å². The summed E-state index contributed by atoms with van der Waals surface area (Å²) in [7, 11) is 0.806. The Morgan fingerprint density at radius 3 is 2.45 bits per heavy atom. The molecule has 174 valence electrons.